The number of likely N-dealkylation sites (N-methyl/N-ethyl adjacent to an activating group) is 1. The molecule has 4 nitrogen and oxygen atoms in total. The Bertz CT molecular complexity index is 750. The molecule has 2 aliphatic heterocycles. The predicted octanol–water partition coefficient (Wildman–Crippen LogP) is 2.21. The fraction of sp³-hybridized carbons (Fsp3) is 0.579. The van der Waals surface area contributed by atoms with Crippen LogP contribution in [0.4, 0.5) is 0 Å². The zero-order valence-corrected chi connectivity index (χ0v) is 14.8. The minimum atomic E-state index is -0.571. The van der Waals surface area contributed by atoms with Crippen LogP contribution in [0.2, 0.25) is 0 Å². The third-order valence-electron chi connectivity index (χ3n) is 7.02. The molecule has 2 bridgehead atoms. The highest BCUT2D eigenvalue weighted by Gasteiger charge is 2.67. The molecule has 2 heterocycles. The summed E-state index contributed by atoms with van der Waals surface area (Å²) in [7, 11) is 3.95. The number of nitrogens with zero attached hydrogens (tertiary/aromatic N) is 1. The summed E-state index contributed by atoms with van der Waals surface area (Å²) in [5, 5.41) is 10.7. The molecule has 24 heavy (non-hydrogen) atoms. The zero-order chi connectivity index (χ0) is 16.7. The number of quaternary nitrogens is 1. The monoisotopic (exact) mass is 348 g/mol. The summed E-state index contributed by atoms with van der Waals surface area (Å²) in [4.78, 5) is 0. The maximum absolute atomic E-state index is 10.7. The summed E-state index contributed by atoms with van der Waals surface area (Å²) >= 11 is 6.40. The van der Waals surface area contributed by atoms with Gasteiger partial charge < -0.3 is 19.1 Å². The van der Waals surface area contributed by atoms with Gasteiger partial charge in [0, 0.05) is 24.3 Å². The molecule has 1 aromatic carbocycles. The maximum atomic E-state index is 10.7. The fourth-order valence-electron chi connectivity index (χ4n) is 5.79. The summed E-state index contributed by atoms with van der Waals surface area (Å²) in [5.74, 6) is 1.99. The highest BCUT2D eigenvalue weighted by atomic mass is 35.5. The van der Waals surface area contributed by atoms with Gasteiger partial charge in [-0.05, 0) is 11.6 Å². The van der Waals surface area contributed by atoms with Crippen LogP contribution in [-0.4, -0.2) is 54.5 Å². The lowest BCUT2D eigenvalue weighted by Gasteiger charge is -2.59. The second kappa shape index (κ2) is 4.69. The van der Waals surface area contributed by atoms with Crippen molar-refractivity contribution in [1.82, 2.24) is 0 Å². The van der Waals surface area contributed by atoms with Crippen LogP contribution in [0.15, 0.2) is 24.3 Å². The van der Waals surface area contributed by atoms with E-state index in [0.29, 0.717) is 18.0 Å². The molecule has 1 fully saturated rings. The van der Waals surface area contributed by atoms with Gasteiger partial charge in [0.05, 0.1) is 26.1 Å². The molecule has 1 N–H and O–H groups in total. The molecule has 128 valence electrons. The first-order valence-electron chi connectivity index (χ1n) is 8.69. The molecule has 6 atom stereocenters. The second-order valence-electron chi connectivity index (χ2n) is 7.96. The number of hydrogen-bond donors (Lipinski definition) is 1. The minimum Gasteiger partial charge on any atom is -0.493 e. The van der Waals surface area contributed by atoms with Crippen molar-refractivity contribution in [3.63, 3.8) is 0 Å². The van der Waals surface area contributed by atoms with Gasteiger partial charge in [0.2, 0.25) is 0 Å². The van der Waals surface area contributed by atoms with Crippen LogP contribution in [0.25, 0.3) is 0 Å². The van der Waals surface area contributed by atoms with Gasteiger partial charge in [-0.25, -0.2) is 0 Å². The quantitative estimate of drug-likeness (QED) is 0.385. The first-order chi connectivity index (χ1) is 11.5. The summed E-state index contributed by atoms with van der Waals surface area (Å²) in [6.45, 7) is 1.02. The molecular weight excluding hydrogens is 326 g/mol. The maximum Gasteiger partial charge on any atom is 0.165 e. The van der Waals surface area contributed by atoms with Crippen molar-refractivity contribution in [2.24, 2.45) is 5.92 Å². The van der Waals surface area contributed by atoms with Crippen molar-refractivity contribution < 1.29 is 19.1 Å². The molecule has 0 radical (unpaired) electrons. The Kier molecular flexibility index (Phi) is 2.94. The van der Waals surface area contributed by atoms with Crippen molar-refractivity contribution in [3.05, 3.63) is 35.4 Å². The Hall–Kier alpha value is -1.23. The molecule has 1 spiro atoms. The first-order valence-corrected chi connectivity index (χ1v) is 9.22. The molecule has 5 rings (SSSR count). The number of alkyl halides is 1. The lowest BCUT2D eigenvalue weighted by molar-refractivity contribution is -0.934. The molecule has 2 aliphatic carbocycles. The Morgan fingerprint density at radius 2 is 2.25 bits per heavy atom. The molecule has 0 saturated carbocycles. The first kappa shape index (κ1) is 15.1. The molecular formula is C19H23ClNO3+. The van der Waals surface area contributed by atoms with Gasteiger partial charge in [-0.3, -0.25) is 0 Å². The molecule has 1 saturated heterocycles. The lowest BCUT2D eigenvalue weighted by atomic mass is 9.53. The van der Waals surface area contributed by atoms with Gasteiger partial charge in [0.25, 0.3) is 0 Å². The second-order valence-corrected chi connectivity index (χ2v) is 8.19. The molecule has 0 unspecified atom stereocenters. The average molecular weight is 349 g/mol. The molecule has 5 heteroatoms. The van der Waals surface area contributed by atoms with Crippen LogP contribution >= 0.6 is 11.6 Å². The largest absolute Gasteiger partial charge is 0.493 e. The number of likely N-dealkylation sites (tertiary alicyclic amines) is 1. The van der Waals surface area contributed by atoms with Crippen molar-refractivity contribution in [1.29, 1.82) is 0 Å². The molecule has 4 aliphatic rings. The van der Waals surface area contributed by atoms with Crippen LogP contribution in [0.1, 0.15) is 17.5 Å². The van der Waals surface area contributed by atoms with E-state index in [1.165, 1.54) is 11.1 Å². The van der Waals surface area contributed by atoms with Gasteiger partial charge in [-0.15, -0.1) is 0 Å². The van der Waals surface area contributed by atoms with Crippen molar-refractivity contribution in [3.8, 4) is 11.5 Å². The van der Waals surface area contributed by atoms with Crippen LogP contribution in [-0.2, 0) is 11.8 Å². The van der Waals surface area contributed by atoms with Crippen molar-refractivity contribution >= 4 is 11.6 Å². The number of hydrogen-bond acceptors (Lipinski definition) is 3. The van der Waals surface area contributed by atoms with Crippen molar-refractivity contribution in [2.75, 3.05) is 26.7 Å². The average Bonchev–Trinajstić information content (AvgIpc) is 2.95. The predicted molar refractivity (Wildman–Crippen MR) is 91.6 cm³/mol. The smallest absolute Gasteiger partial charge is 0.165 e. The van der Waals surface area contributed by atoms with E-state index in [4.69, 9.17) is 21.1 Å². The Morgan fingerprint density at radius 1 is 1.42 bits per heavy atom. The highest BCUT2D eigenvalue weighted by molar-refractivity contribution is 6.17. The van der Waals surface area contributed by atoms with Crippen LogP contribution in [0, 0.1) is 5.92 Å². The number of halogens is 1. The van der Waals surface area contributed by atoms with Gasteiger partial charge in [-0.2, -0.15) is 0 Å². The number of methoxy groups -OCH3 is 1. The lowest BCUT2D eigenvalue weighted by Crippen LogP contribution is -2.70. The topological polar surface area (TPSA) is 38.7 Å². The Morgan fingerprint density at radius 3 is 3.00 bits per heavy atom. The van der Waals surface area contributed by atoms with Gasteiger partial charge in [-0.1, -0.05) is 29.8 Å². The molecule has 0 aromatic heterocycles. The number of benzene rings is 1. The third kappa shape index (κ3) is 1.53. The number of rotatable bonds is 2. The van der Waals surface area contributed by atoms with Crippen LogP contribution < -0.4 is 9.47 Å². The molecule has 1 aromatic rings. The Labute approximate surface area is 147 Å². The van der Waals surface area contributed by atoms with Crippen LogP contribution in [0.5, 0.6) is 11.5 Å². The van der Waals surface area contributed by atoms with Gasteiger partial charge in [0.15, 0.2) is 17.5 Å². The minimum absolute atomic E-state index is 0.139. The van der Waals surface area contributed by atoms with E-state index in [2.05, 4.69) is 19.2 Å². The van der Waals surface area contributed by atoms with E-state index in [1.54, 1.807) is 7.11 Å². The number of aliphatic hydroxyl groups is 1. The summed E-state index contributed by atoms with van der Waals surface area (Å²) in [6, 6.07) is 5.24. The standard InChI is InChI=1S/C19H23ClNO3/c1-21(10-20)8-7-19-12-4-5-14(22)18(19)24-17-15(23-2)6-3-11(16(17)19)9-13(12)21/h3-6,12-14,18,22H,7-10H2,1-2H3/q+1/t12-,13+,14-,18-,19-,21+/m0/s1. The third-order valence-corrected chi connectivity index (χ3v) is 7.57. The fourth-order valence-corrected chi connectivity index (χ4v) is 6.09. The van der Waals surface area contributed by atoms with Gasteiger partial charge >= 0.3 is 0 Å². The van der Waals surface area contributed by atoms with Crippen LogP contribution in [0.3, 0.4) is 0 Å². The summed E-state index contributed by atoms with van der Waals surface area (Å²) in [5.41, 5.74) is 2.49. The normalized spacial score (nSPS) is 44.0. The van der Waals surface area contributed by atoms with Crippen molar-refractivity contribution in [2.45, 2.75) is 36.5 Å². The van der Waals surface area contributed by atoms with E-state index < -0.39 is 6.10 Å². The van der Waals surface area contributed by atoms with E-state index >= 15 is 0 Å². The van der Waals surface area contributed by atoms with E-state index in [1.807, 2.05) is 12.1 Å². The van der Waals surface area contributed by atoms with E-state index in [9.17, 15) is 5.11 Å². The van der Waals surface area contributed by atoms with E-state index in [-0.39, 0.29) is 11.5 Å². The highest BCUT2D eigenvalue weighted by Crippen LogP contribution is 2.63. The number of ether oxygens (including phenoxy) is 2. The SMILES string of the molecule is COc1ccc2c3c1O[C@H]1[C@@H](O)C=C[C@H]4[C@@H](C2)[N@@+](C)(CCl)CC[C@@]341. The van der Waals surface area contributed by atoms with E-state index in [0.717, 1.165) is 35.4 Å². The molecule has 0 amide bonds. The summed E-state index contributed by atoms with van der Waals surface area (Å²) < 4.78 is 12.8. The number of aliphatic hydroxyl groups excluding tert-OH is 1. The zero-order valence-electron chi connectivity index (χ0n) is 14.0. The number of piperidine rings is 1. The summed E-state index contributed by atoms with van der Waals surface area (Å²) in [6.07, 6.45) is 5.35. The van der Waals surface area contributed by atoms with Gasteiger partial charge in [0.1, 0.15) is 18.2 Å². The Balaban J connectivity index is 1.80.